The van der Waals surface area contributed by atoms with Gasteiger partial charge in [0.05, 0.1) is 18.3 Å². The molecule has 127 heavy (non-hydrogen) atoms. The lowest BCUT2D eigenvalue weighted by molar-refractivity contribution is -0.0361. The Morgan fingerprint density at radius 1 is 0.291 bits per heavy atom. The Morgan fingerprint density at radius 2 is 0.630 bits per heavy atom. The fourth-order valence-corrected chi connectivity index (χ4v) is 24.9. The van der Waals surface area contributed by atoms with Gasteiger partial charge < -0.3 is 15.3 Å². The van der Waals surface area contributed by atoms with Gasteiger partial charge in [-0.2, -0.15) is 0 Å². The fourth-order valence-electron chi connectivity index (χ4n) is 24.9. The monoisotopic (exact) mass is 1670 g/mol. The molecule has 10 atom stereocenters. The van der Waals surface area contributed by atoms with Crippen LogP contribution in [0.4, 0.5) is 0 Å². The second-order valence-corrected chi connectivity index (χ2v) is 38.4. The van der Waals surface area contributed by atoms with Gasteiger partial charge in [0.1, 0.15) is 0 Å². The summed E-state index contributed by atoms with van der Waals surface area (Å²) < 4.78 is 0. The largest absolute Gasteiger partial charge is 0.388 e. The van der Waals surface area contributed by atoms with Gasteiger partial charge in [0, 0.05) is 40.4 Å². The van der Waals surface area contributed by atoms with Gasteiger partial charge in [-0.25, -0.2) is 0 Å². The minimum Gasteiger partial charge on any atom is -0.388 e. The number of benzene rings is 13. The molecule has 10 aliphatic carbocycles. The Hall–Kier alpha value is -11.1. The molecule has 0 aliphatic heterocycles. The van der Waals surface area contributed by atoms with Crippen molar-refractivity contribution in [2.45, 2.75) is 198 Å². The van der Waals surface area contributed by atoms with E-state index in [9.17, 15) is 15.3 Å². The Labute approximate surface area is 757 Å². The third-order valence-electron chi connectivity index (χ3n) is 31.7. The molecule has 5 nitrogen and oxygen atoms in total. The molecule has 5 heteroatoms. The Bertz CT molecular complexity index is 5990. The van der Waals surface area contributed by atoms with Crippen molar-refractivity contribution in [1.29, 1.82) is 0 Å². The summed E-state index contributed by atoms with van der Waals surface area (Å²) >= 11 is 0. The van der Waals surface area contributed by atoms with Gasteiger partial charge in [-0.1, -0.05) is 366 Å². The molecule has 13 aromatic carbocycles. The van der Waals surface area contributed by atoms with Crippen molar-refractivity contribution in [3.63, 3.8) is 0 Å². The van der Waals surface area contributed by atoms with Crippen molar-refractivity contribution >= 4 is 17.2 Å². The summed E-state index contributed by atoms with van der Waals surface area (Å²) in [7, 11) is 4.63. The second kappa shape index (κ2) is 38.4. The van der Waals surface area contributed by atoms with Crippen molar-refractivity contribution in [2.24, 2.45) is 28.1 Å². The third-order valence-corrected chi connectivity index (χ3v) is 31.7. The molecular weight excluding hydrogens is 1540 g/mol. The summed E-state index contributed by atoms with van der Waals surface area (Å²) in [5, 5.41) is 34.9. The molecule has 0 fully saturated rings. The van der Waals surface area contributed by atoms with E-state index in [1.165, 1.54) is 162 Å². The van der Waals surface area contributed by atoms with Crippen molar-refractivity contribution < 1.29 is 15.3 Å². The van der Waals surface area contributed by atoms with Gasteiger partial charge in [-0.05, 0) is 313 Å². The summed E-state index contributed by atoms with van der Waals surface area (Å²) in [6, 6.07) is 122. The highest BCUT2D eigenvalue weighted by atomic mass is 16.3. The molecule has 644 valence electrons. The molecule has 10 aliphatic rings. The highest BCUT2D eigenvalue weighted by Crippen LogP contribution is 2.59. The van der Waals surface area contributed by atoms with Gasteiger partial charge in [0.25, 0.3) is 0 Å². The molecule has 23 rings (SSSR count). The van der Waals surface area contributed by atoms with E-state index < -0.39 is 18.3 Å². The van der Waals surface area contributed by atoms with Crippen LogP contribution >= 0.6 is 0 Å². The van der Waals surface area contributed by atoms with Crippen LogP contribution in [0.5, 0.6) is 0 Å². The Balaban J connectivity index is 0.000000107. The molecule has 0 spiro atoms. The lowest BCUT2D eigenvalue weighted by Crippen LogP contribution is -2.42. The van der Waals surface area contributed by atoms with Crippen molar-refractivity contribution in [1.82, 2.24) is 9.80 Å². The summed E-state index contributed by atoms with van der Waals surface area (Å²) in [6.45, 7) is 8.54. The lowest BCUT2D eigenvalue weighted by Gasteiger charge is -2.47. The molecule has 0 radical (unpaired) electrons. The van der Waals surface area contributed by atoms with Crippen molar-refractivity contribution in [2.75, 3.05) is 14.1 Å². The first-order chi connectivity index (χ1) is 61.8. The van der Waals surface area contributed by atoms with Crippen molar-refractivity contribution in [3.8, 4) is 0 Å². The highest BCUT2D eigenvalue weighted by molar-refractivity contribution is 5.70. The van der Waals surface area contributed by atoms with Crippen LogP contribution in [0.3, 0.4) is 0 Å². The molecular formula is C122H128N2O3. The smallest absolute Gasteiger partial charge is 0.0889 e. The Kier molecular flexibility index (Phi) is 26.2. The topological polar surface area (TPSA) is 67.2 Å². The van der Waals surface area contributed by atoms with E-state index in [-0.39, 0.29) is 23.7 Å². The van der Waals surface area contributed by atoms with E-state index >= 15 is 0 Å². The summed E-state index contributed by atoms with van der Waals surface area (Å²) in [5.74, 6) is 0.959. The second-order valence-electron chi connectivity index (χ2n) is 38.4. The summed E-state index contributed by atoms with van der Waals surface area (Å²) in [5.41, 5.74) is 35.3. The number of hydrogen-bond donors (Lipinski definition) is 3. The average Bonchev–Trinajstić information content (AvgIpc) is 1.60. The van der Waals surface area contributed by atoms with Crippen molar-refractivity contribution in [3.05, 3.63) is 480 Å². The summed E-state index contributed by atoms with van der Waals surface area (Å²) in [6.07, 6.45) is 26.3. The molecule has 0 bridgehead atoms. The first-order valence-electron chi connectivity index (χ1n) is 47.3. The average molecular weight is 1670 g/mol. The zero-order valence-electron chi connectivity index (χ0n) is 73.9. The van der Waals surface area contributed by atoms with E-state index in [0.29, 0.717) is 36.0 Å². The van der Waals surface area contributed by atoms with Crippen LogP contribution in [-0.2, 0) is 83.5 Å². The minimum absolute atomic E-state index is 0. The minimum atomic E-state index is -0.464. The van der Waals surface area contributed by atoms with E-state index in [1.807, 2.05) is 0 Å². The molecule has 0 amide bonds. The van der Waals surface area contributed by atoms with Crippen LogP contribution in [0.2, 0.25) is 0 Å². The molecule has 3 N–H and O–H groups in total. The maximum atomic E-state index is 11.7. The number of nitrogens with zero attached hydrogens (tertiary/aromatic N) is 2. The standard InChI is InChI=1S/C27H26O.C26H26O.C25H24O.C22H25N.C21H23N.CH4/c28-26-25-13-7-6-11-22(25)16-17-27(26,19-20-8-2-1-3-9-20)24-15-14-21-10-4-5-12-23(21)18-24;27-25-24-13-7-6-10-20(24)14-15-26(25,18-19-8-2-1-3-9-19)23-16-21-11-4-5-12-22(21)17-23;26-24-23-13-7-6-12-21(23)17-25(24,16-18-8-2-1-3-9-18)22-14-19-10-4-5-11-20(19)15-22;1-16-14-15-22(20-12-6-5-10-18(16)20)23(2)21-13-7-9-17-8-3-4-11-19(17)21;1-15-11-13-21(19-10-6-5-8-17(15)19)22(2)20-14-12-16-7-3-4-9-18(16)20;/h1-13,18,26,28H,14-17,19H2;1-13,23,25,27H,14-18H2;1-13,22,24,26H,14-17H2;3-6,8,10-12,21-22H,1,7,9,13-15H2,2H3;3-10,20-21H,1,11-14H2,2H3;1H4/t;;24-,25+;;;/m..0.../s1. The Morgan fingerprint density at radius 3 is 1.13 bits per heavy atom. The molecule has 13 aromatic rings. The quantitative estimate of drug-likeness (QED) is 0.107. The van der Waals surface area contributed by atoms with Crippen LogP contribution in [0, 0.1) is 28.1 Å². The van der Waals surface area contributed by atoms with Gasteiger partial charge in [-0.15, -0.1) is 0 Å². The number of hydrogen-bond acceptors (Lipinski definition) is 5. The third kappa shape index (κ3) is 17.5. The number of fused-ring (bicyclic) bond motifs is 10. The number of rotatable bonds is 13. The van der Waals surface area contributed by atoms with Crippen LogP contribution in [0.25, 0.3) is 17.2 Å². The van der Waals surface area contributed by atoms with Crippen LogP contribution in [-0.4, -0.2) is 39.2 Å². The SMILES string of the molecule is C.C=C1CCC(N(C)C2CCCc3ccccc32)c2ccccc21.C=C1CCC(N(C)C2CCc3ccccc32)c2ccccc21.OC1c2ccccc2CCC1(Cc1ccccc1)C1=Cc2ccccc2CC1.OC1c2ccccc2CCC1(Cc1ccccc1)C1Cc2ccccc2C1.O[C@H]1c2ccccc2C[C@]1(Cc1ccccc1)C1Cc2ccccc2C1. The lowest BCUT2D eigenvalue weighted by atomic mass is 9.59. The first-order valence-corrected chi connectivity index (χ1v) is 47.3. The van der Waals surface area contributed by atoms with E-state index in [4.69, 9.17) is 0 Å². The first kappa shape index (κ1) is 86.6. The molecule has 8 unspecified atom stereocenters. The number of aliphatic hydroxyl groups excluding tert-OH is 3. The predicted octanol–water partition coefficient (Wildman–Crippen LogP) is 27.5. The van der Waals surface area contributed by atoms with Crippen LogP contribution < -0.4 is 0 Å². The molecule has 0 aromatic heterocycles. The predicted molar refractivity (Wildman–Crippen MR) is 526 cm³/mol. The fraction of sp³-hybridized carbons (Fsp3) is 0.311. The zero-order chi connectivity index (χ0) is 85.7. The van der Waals surface area contributed by atoms with E-state index in [2.05, 4.69) is 377 Å². The number of allylic oxidation sites excluding steroid dienone is 2. The number of aryl methyl sites for hydroxylation is 5. The van der Waals surface area contributed by atoms with Crippen LogP contribution in [0.15, 0.2) is 352 Å². The highest BCUT2D eigenvalue weighted by Gasteiger charge is 2.53. The summed E-state index contributed by atoms with van der Waals surface area (Å²) in [4.78, 5) is 5.24. The zero-order valence-corrected chi connectivity index (χ0v) is 73.9. The number of aliphatic hydroxyl groups is 3. The van der Waals surface area contributed by atoms with Crippen LogP contribution in [0.1, 0.15) is 242 Å². The van der Waals surface area contributed by atoms with Gasteiger partial charge >= 0.3 is 0 Å². The molecule has 0 saturated carbocycles. The van der Waals surface area contributed by atoms with Gasteiger partial charge in [0.2, 0.25) is 0 Å². The van der Waals surface area contributed by atoms with E-state index in [0.717, 1.165) is 119 Å². The van der Waals surface area contributed by atoms with E-state index in [1.54, 1.807) is 11.1 Å². The maximum absolute atomic E-state index is 11.7. The van der Waals surface area contributed by atoms with Gasteiger partial charge in [-0.3, -0.25) is 9.80 Å². The molecule has 0 saturated heterocycles. The van der Waals surface area contributed by atoms with Gasteiger partial charge in [0.15, 0.2) is 0 Å². The maximum Gasteiger partial charge on any atom is 0.0889 e. The normalized spacial score (nSPS) is 23.7. The molecule has 0 heterocycles.